The van der Waals surface area contributed by atoms with Crippen molar-refractivity contribution < 1.29 is 23.1 Å². The minimum atomic E-state index is -3.82. The number of aryl methyl sites for hydroxylation is 1. The van der Waals surface area contributed by atoms with E-state index >= 15 is 0 Å². The topological polar surface area (TPSA) is 99.2 Å². The van der Waals surface area contributed by atoms with Crippen molar-refractivity contribution in [3.8, 4) is 11.5 Å². The van der Waals surface area contributed by atoms with Crippen LogP contribution in [-0.2, 0) is 16.4 Å². The number of amides is 2. The number of phenolic OH excluding ortho intramolecular Hbond substituents is 1. The number of fused-ring (bicyclic) bond motifs is 1. The normalized spacial score (nSPS) is 19.2. The van der Waals surface area contributed by atoms with Gasteiger partial charge in [0.15, 0.2) is 0 Å². The number of nitrogens with zero attached hydrogens (tertiary/aromatic N) is 2. The maximum atomic E-state index is 12.9. The van der Waals surface area contributed by atoms with Gasteiger partial charge in [0.05, 0.1) is 6.54 Å². The molecule has 2 aliphatic heterocycles. The highest BCUT2D eigenvalue weighted by Crippen LogP contribution is 2.28. The number of piperazine rings is 1. The van der Waals surface area contributed by atoms with E-state index < -0.39 is 10.0 Å². The van der Waals surface area contributed by atoms with Gasteiger partial charge in [0.1, 0.15) is 22.5 Å². The summed E-state index contributed by atoms with van der Waals surface area (Å²) >= 11 is 0. The zero-order valence-electron chi connectivity index (χ0n) is 16.7. The molecule has 2 heterocycles. The van der Waals surface area contributed by atoms with Crippen molar-refractivity contribution in [1.29, 1.82) is 0 Å². The molecule has 8 nitrogen and oxygen atoms in total. The van der Waals surface area contributed by atoms with E-state index in [1.807, 2.05) is 24.3 Å². The average molecular weight is 432 g/mol. The van der Waals surface area contributed by atoms with Crippen LogP contribution in [0.1, 0.15) is 11.1 Å². The Balaban J connectivity index is 1.30. The fourth-order valence-electron chi connectivity index (χ4n) is 3.78. The number of nitrogens with one attached hydrogen (secondary N) is 1. The zero-order valence-corrected chi connectivity index (χ0v) is 17.6. The molecule has 2 amide bonds. The van der Waals surface area contributed by atoms with Crippen molar-refractivity contribution in [2.75, 3.05) is 32.7 Å². The van der Waals surface area contributed by atoms with Crippen molar-refractivity contribution >= 4 is 16.1 Å². The molecule has 30 heavy (non-hydrogen) atoms. The minimum Gasteiger partial charge on any atom is -0.507 e. The van der Waals surface area contributed by atoms with E-state index in [1.54, 1.807) is 17.9 Å². The fourth-order valence-corrected chi connectivity index (χ4v) is 5.37. The quantitative estimate of drug-likeness (QED) is 0.768. The predicted octanol–water partition coefficient (Wildman–Crippen LogP) is 1.72. The van der Waals surface area contributed by atoms with E-state index in [2.05, 4.69) is 5.32 Å². The largest absolute Gasteiger partial charge is 0.507 e. The third-order valence-corrected chi connectivity index (χ3v) is 7.38. The van der Waals surface area contributed by atoms with E-state index in [4.69, 9.17) is 4.74 Å². The van der Waals surface area contributed by atoms with Crippen molar-refractivity contribution in [3.63, 3.8) is 0 Å². The Hall–Kier alpha value is -2.78. The van der Waals surface area contributed by atoms with Crippen molar-refractivity contribution in [3.05, 3.63) is 53.6 Å². The summed E-state index contributed by atoms with van der Waals surface area (Å²) in [6.07, 6.45) is 0.653. The van der Waals surface area contributed by atoms with Crippen molar-refractivity contribution in [2.24, 2.45) is 0 Å². The maximum Gasteiger partial charge on any atom is 0.317 e. The van der Waals surface area contributed by atoms with Crippen molar-refractivity contribution in [1.82, 2.24) is 14.5 Å². The van der Waals surface area contributed by atoms with E-state index in [1.165, 1.54) is 16.4 Å². The van der Waals surface area contributed by atoms with Gasteiger partial charge in [-0.1, -0.05) is 24.3 Å². The van der Waals surface area contributed by atoms with Crippen LogP contribution in [0.3, 0.4) is 0 Å². The lowest BCUT2D eigenvalue weighted by molar-refractivity contribution is 0.164. The molecule has 0 aliphatic carbocycles. The molecule has 0 bridgehead atoms. The van der Waals surface area contributed by atoms with E-state index in [-0.39, 0.29) is 49.0 Å². The molecule has 2 N–H and O–H groups in total. The Bertz CT molecular complexity index is 1020. The minimum absolute atomic E-state index is 0.0988. The molecule has 4 rings (SSSR count). The van der Waals surface area contributed by atoms with Crippen LogP contribution in [0.5, 0.6) is 11.5 Å². The summed E-state index contributed by atoms with van der Waals surface area (Å²) in [5.41, 5.74) is 1.88. The molecule has 9 heteroatoms. The Morgan fingerprint density at radius 2 is 1.90 bits per heavy atom. The number of rotatable bonds is 4. The second-order valence-corrected chi connectivity index (χ2v) is 9.51. The van der Waals surface area contributed by atoms with Gasteiger partial charge in [-0.25, -0.2) is 13.2 Å². The van der Waals surface area contributed by atoms with E-state index in [9.17, 15) is 18.3 Å². The van der Waals surface area contributed by atoms with Crippen molar-refractivity contribution in [2.45, 2.75) is 24.3 Å². The molecule has 0 radical (unpaired) electrons. The summed E-state index contributed by atoms with van der Waals surface area (Å²) in [5.74, 6) is 0.591. The van der Waals surface area contributed by atoms with Crippen LogP contribution >= 0.6 is 0 Å². The van der Waals surface area contributed by atoms with E-state index in [0.717, 1.165) is 23.3 Å². The SMILES string of the molecule is Cc1ccc(O)c(S(=O)(=O)N2CCN(C(=O)NCC3Cc4ccccc4O3)CC2)c1. The summed E-state index contributed by atoms with van der Waals surface area (Å²) in [4.78, 5) is 14.0. The zero-order chi connectivity index (χ0) is 21.3. The molecule has 1 fully saturated rings. The number of ether oxygens (including phenoxy) is 1. The van der Waals surface area contributed by atoms with E-state index in [0.29, 0.717) is 6.54 Å². The van der Waals surface area contributed by atoms with Crippen LogP contribution in [-0.4, -0.2) is 67.6 Å². The molecular weight excluding hydrogens is 406 g/mol. The fraction of sp³-hybridized carbons (Fsp3) is 0.381. The van der Waals surface area contributed by atoms with Crippen LogP contribution in [0.4, 0.5) is 4.79 Å². The van der Waals surface area contributed by atoms with Gasteiger partial charge in [0.25, 0.3) is 0 Å². The van der Waals surface area contributed by atoms with Crippen LogP contribution in [0.15, 0.2) is 47.4 Å². The van der Waals surface area contributed by atoms with Gasteiger partial charge in [0.2, 0.25) is 10.0 Å². The molecule has 1 saturated heterocycles. The van der Waals surface area contributed by atoms with Gasteiger partial charge in [-0.15, -0.1) is 0 Å². The first kappa shape index (κ1) is 20.5. The first-order valence-corrected chi connectivity index (χ1v) is 11.4. The summed E-state index contributed by atoms with van der Waals surface area (Å²) in [6.45, 7) is 3.08. The highest BCUT2D eigenvalue weighted by atomic mass is 32.2. The Kier molecular flexibility index (Phi) is 5.57. The highest BCUT2D eigenvalue weighted by Gasteiger charge is 2.32. The van der Waals surface area contributed by atoms with Gasteiger partial charge >= 0.3 is 6.03 Å². The molecule has 2 aromatic rings. The number of hydrogen-bond donors (Lipinski definition) is 2. The molecule has 2 aliphatic rings. The molecule has 1 unspecified atom stereocenters. The van der Waals surface area contributed by atoms with Gasteiger partial charge in [-0.3, -0.25) is 0 Å². The number of carbonyl (C=O) groups is 1. The number of sulfonamides is 1. The second-order valence-electron chi connectivity index (χ2n) is 7.60. The van der Waals surface area contributed by atoms with Crippen LogP contribution in [0, 0.1) is 6.92 Å². The lowest BCUT2D eigenvalue weighted by Gasteiger charge is -2.34. The number of para-hydroxylation sites is 1. The molecule has 1 atom stereocenters. The monoisotopic (exact) mass is 431 g/mol. The second kappa shape index (κ2) is 8.16. The Morgan fingerprint density at radius 3 is 2.63 bits per heavy atom. The van der Waals surface area contributed by atoms with Gasteiger partial charge in [0, 0.05) is 32.6 Å². The summed E-state index contributed by atoms with van der Waals surface area (Å²) in [7, 11) is -3.82. The van der Waals surface area contributed by atoms with Gasteiger partial charge in [-0.05, 0) is 36.2 Å². The number of urea groups is 1. The smallest absolute Gasteiger partial charge is 0.317 e. The van der Waals surface area contributed by atoms with Crippen LogP contribution in [0.2, 0.25) is 0 Å². The lowest BCUT2D eigenvalue weighted by atomic mass is 10.1. The summed E-state index contributed by atoms with van der Waals surface area (Å²) in [6, 6.07) is 12.1. The Labute approximate surface area is 176 Å². The molecule has 160 valence electrons. The molecular formula is C21H25N3O5S. The lowest BCUT2D eigenvalue weighted by Crippen LogP contribution is -2.53. The first-order chi connectivity index (χ1) is 14.3. The predicted molar refractivity (Wildman–Crippen MR) is 111 cm³/mol. The number of aromatic hydroxyl groups is 1. The average Bonchev–Trinajstić information content (AvgIpc) is 3.17. The van der Waals surface area contributed by atoms with Gasteiger partial charge < -0.3 is 20.1 Å². The standard InChI is InChI=1S/C21H25N3O5S/c1-15-6-7-18(25)20(12-15)30(27,28)24-10-8-23(9-11-24)21(26)22-14-17-13-16-4-2-3-5-19(16)29-17/h2-7,12,17,25H,8-11,13-14H2,1H3,(H,22,26). The number of carbonyl (C=O) groups excluding carboxylic acids is 1. The first-order valence-electron chi connectivity index (χ1n) is 9.92. The van der Waals surface area contributed by atoms with Crippen LogP contribution in [0.25, 0.3) is 0 Å². The summed E-state index contributed by atoms with van der Waals surface area (Å²) < 4.78 is 32.9. The third kappa shape index (κ3) is 4.08. The molecule has 0 aromatic heterocycles. The molecule has 0 saturated carbocycles. The third-order valence-electron chi connectivity index (χ3n) is 5.45. The molecule has 0 spiro atoms. The number of hydrogen-bond acceptors (Lipinski definition) is 5. The Morgan fingerprint density at radius 1 is 1.17 bits per heavy atom. The maximum absolute atomic E-state index is 12.9. The summed E-state index contributed by atoms with van der Waals surface area (Å²) in [5, 5.41) is 12.9. The van der Waals surface area contributed by atoms with Crippen LogP contribution < -0.4 is 10.1 Å². The number of phenols is 1. The van der Waals surface area contributed by atoms with Gasteiger partial charge in [-0.2, -0.15) is 4.31 Å². The molecule has 2 aromatic carbocycles. The number of benzene rings is 2. The highest BCUT2D eigenvalue weighted by molar-refractivity contribution is 7.89.